The van der Waals surface area contributed by atoms with Gasteiger partial charge in [0.15, 0.2) is 0 Å². The zero-order valence-corrected chi connectivity index (χ0v) is 6.97. The maximum absolute atomic E-state index is 10.9. The van der Waals surface area contributed by atoms with Crippen molar-refractivity contribution >= 4 is 13.8 Å². The Hall–Kier alpha value is -0.505. The summed E-state index contributed by atoms with van der Waals surface area (Å²) >= 11 is 0. The molecule has 0 rings (SSSR count). The number of esters is 1. The fraction of sp³-hybridized carbons (Fsp3) is 0.833. The van der Waals surface area contributed by atoms with Crippen LogP contribution < -0.4 is 5.32 Å². The van der Waals surface area contributed by atoms with Crippen LogP contribution in [0, 0.1) is 0 Å². The van der Waals surface area contributed by atoms with E-state index in [2.05, 4.69) is 5.32 Å². The molecule has 0 aromatic heterocycles. The lowest BCUT2D eigenvalue weighted by Crippen LogP contribution is -2.36. The van der Waals surface area contributed by atoms with Gasteiger partial charge in [-0.05, 0) is 20.9 Å². The third-order valence-electron chi connectivity index (χ3n) is 1.14. The first-order valence-corrected chi connectivity index (χ1v) is 3.45. The van der Waals surface area contributed by atoms with Crippen molar-refractivity contribution in [1.82, 2.24) is 5.32 Å². The number of likely N-dealkylation sites (N-methyl/N-ethyl adjacent to an activating group) is 1. The van der Waals surface area contributed by atoms with Crippen LogP contribution in [0.3, 0.4) is 0 Å². The maximum atomic E-state index is 10.9. The second kappa shape index (κ2) is 4.33. The number of rotatable bonds is 3. The lowest BCUT2D eigenvalue weighted by atomic mass is 9.97. The van der Waals surface area contributed by atoms with Crippen LogP contribution in [-0.4, -0.2) is 32.9 Å². The van der Waals surface area contributed by atoms with E-state index in [1.807, 2.05) is 13.8 Å². The van der Waals surface area contributed by atoms with Crippen molar-refractivity contribution in [1.29, 1.82) is 0 Å². The van der Waals surface area contributed by atoms with E-state index in [9.17, 15) is 4.79 Å². The average Bonchev–Trinajstić information content (AvgIpc) is 1.85. The van der Waals surface area contributed by atoms with E-state index in [-0.39, 0.29) is 18.0 Å². The van der Waals surface area contributed by atoms with Crippen molar-refractivity contribution in [3.63, 3.8) is 0 Å². The van der Waals surface area contributed by atoms with Crippen molar-refractivity contribution in [2.45, 2.75) is 25.9 Å². The molecule has 4 heteroatoms. The molecule has 0 radical (unpaired) electrons. The summed E-state index contributed by atoms with van der Waals surface area (Å²) < 4.78 is 4.90. The van der Waals surface area contributed by atoms with Gasteiger partial charge in [-0.2, -0.15) is 0 Å². The molecule has 0 amide bonds. The normalized spacial score (nSPS) is 13.2. The minimum absolute atomic E-state index is 0.0247. The van der Waals surface area contributed by atoms with E-state index in [0.717, 1.165) is 0 Å². The quantitative estimate of drug-likeness (QED) is 0.411. The van der Waals surface area contributed by atoms with Crippen LogP contribution in [0.25, 0.3) is 0 Å². The average molecular weight is 143 g/mol. The van der Waals surface area contributed by atoms with Crippen molar-refractivity contribution in [3.8, 4) is 0 Å². The number of hydrogen-bond donors (Lipinski definition) is 1. The summed E-state index contributed by atoms with van der Waals surface area (Å²) in [6, 6.07) is 0. The SMILES string of the molecule is BC(NC)C(=O)OC(C)C. The van der Waals surface area contributed by atoms with E-state index in [1.54, 1.807) is 14.9 Å². The molecule has 58 valence electrons. The second-order valence-corrected chi connectivity index (χ2v) is 2.50. The van der Waals surface area contributed by atoms with Gasteiger partial charge in [0.05, 0.1) is 12.0 Å². The molecule has 0 saturated carbocycles. The molecule has 0 fully saturated rings. The predicted molar refractivity (Wildman–Crippen MR) is 42.6 cm³/mol. The fourth-order valence-corrected chi connectivity index (χ4v) is 0.452. The van der Waals surface area contributed by atoms with Gasteiger partial charge in [-0.15, -0.1) is 0 Å². The summed E-state index contributed by atoms with van der Waals surface area (Å²) in [7, 11) is 3.50. The molecule has 1 N–H and O–H groups in total. The Kier molecular flexibility index (Phi) is 4.11. The highest BCUT2D eigenvalue weighted by Gasteiger charge is 2.12. The topological polar surface area (TPSA) is 38.3 Å². The summed E-state index contributed by atoms with van der Waals surface area (Å²) in [5, 5.41) is 2.80. The standard InChI is InChI=1S/C6H14BNO2/c1-4(2)10-6(9)5(7)8-3/h4-5,8H,7H2,1-3H3. The highest BCUT2D eigenvalue weighted by atomic mass is 16.5. The Balaban J connectivity index is 3.62. The van der Waals surface area contributed by atoms with E-state index < -0.39 is 0 Å². The molecule has 0 saturated heterocycles. The van der Waals surface area contributed by atoms with Crippen LogP contribution in [-0.2, 0) is 9.53 Å². The molecule has 0 aliphatic rings. The molecule has 0 bridgehead atoms. The molecular weight excluding hydrogens is 129 g/mol. The predicted octanol–water partition coefficient (Wildman–Crippen LogP) is -0.883. The Labute approximate surface area is 62.5 Å². The molecule has 3 nitrogen and oxygen atoms in total. The molecule has 0 aliphatic carbocycles. The van der Waals surface area contributed by atoms with Crippen molar-refractivity contribution in [2.24, 2.45) is 0 Å². The summed E-state index contributed by atoms with van der Waals surface area (Å²) in [5.41, 5.74) is 0. The largest absolute Gasteiger partial charge is 0.462 e. The summed E-state index contributed by atoms with van der Waals surface area (Å²) in [4.78, 5) is 10.9. The molecule has 1 atom stereocenters. The Morgan fingerprint density at radius 2 is 2.10 bits per heavy atom. The Bertz CT molecular complexity index is 116. The van der Waals surface area contributed by atoms with E-state index in [4.69, 9.17) is 4.74 Å². The van der Waals surface area contributed by atoms with E-state index in [0.29, 0.717) is 0 Å². The van der Waals surface area contributed by atoms with Gasteiger partial charge in [-0.1, -0.05) is 0 Å². The number of ether oxygens (including phenoxy) is 1. The van der Waals surface area contributed by atoms with Crippen LogP contribution in [0.4, 0.5) is 0 Å². The molecular formula is C6H14BNO2. The monoisotopic (exact) mass is 143 g/mol. The van der Waals surface area contributed by atoms with Gasteiger partial charge in [-0.3, -0.25) is 4.79 Å². The summed E-state index contributed by atoms with van der Waals surface area (Å²) in [6.07, 6.45) is -0.0247. The molecule has 0 aromatic rings. The highest BCUT2D eigenvalue weighted by Crippen LogP contribution is 1.90. The number of nitrogens with one attached hydrogen (secondary N) is 1. The number of carbonyl (C=O) groups is 1. The summed E-state index contributed by atoms with van der Waals surface area (Å²) in [6.45, 7) is 3.67. The lowest BCUT2D eigenvalue weighted by molar-refractivity contribution is -0.147. The third kappa shape index (κ3) is 3.51. The molecule has 0 aliphatic heterocycles. The molecule has 10 heavy (non-hydrogen) atoms. The van der Waals surface area contributed by atoms with Gasteiger partial charge in [0, 0.05) is 0 Å². The number of carbonyl (C=O) groups excluding carboxylic acids is 1. The van der Waals surface area contributed by atoms with Crippen LogP contribution >= 0.6 is 0 Å². The zero-order valence-electron chi connectivity index (χ0n) is 6.97. The number of hydrogen-bond acceptors (Lipinski definition) is 3. The minimum atomic E-state index is -0.206. The third-order valence-corrected chi connectivity index (χ3v) is 1.14. The van der Waals surface area contributed by atoms with Crippen LogP contribution in [0.15, 0.2) is 0 Å². The van der Waals surface area contributed by atoms with Crippen molar-refractivity contribution in [2.75, 3.05) is 7.05 Å². The van der Waals surface area contributed by atoms with Crippen LogP contribution in [0.5, 0.6) is 0 Å². The Morgan fingerprint density at radius 1 is 1.60 bits per heavy atom. The second-order valence-electron chi connectivity index (χ2n) is 2.50. The van der Waals surface area contributed by atoms with Gasteiger partial charge in [0.25, 0.3) is 0 Å². The smallest absolute Gasteiger partial charge is 0.314 e. The zero-order chi connectivity index (χ0) is 8.15. The van der Waals surface area contributed by atoms with Gasteiger partial charge in [0.2, 0.25) is 0 Å². The maximum Gasteiger partial charge on any atom is 0.314 e. The van der Waals surface area contributed by atoms with Crippen molar-refractivity contribution in [3.05, 3.63) is 0 Å². The van der Waals surface area contributed by atoms with Gasteiger partial charge >= 0.3 is 5.97 Å². The minimum Gasteiger partial charge on any atom is -0.462 e. The summed E-state index contributed by atoms with van der Waals surface area (Å²) in [5.74, 6) is -0.403. The van der Waals surface area contributed by atoms with Crippen LogP contribution in [0.2, 0.25) is 0 Å². The Morgan fingerprint density at radius 3 is 2.40 bits per heavy atom. The van der Waals surface area contributed by atoms with Gasteiger partial charge in [0.1, 0.15) is 7.85 Å². The van der Waals surface area contributed by atoms with Crippen molar-refractivity contribution < 1.29 is 9.53 Å². The molecule has 0 aromatic carbocycles. The van der Waals surface area contributed by atoms with Gasteiger partial charge < -0.3 is 10.1 Å². The first-order valence-electron chi connectivity index (χ1n) is 3.45. The first kappa shape index (κ1) is 9.49. The fourth-order valence-electron chi connectivity index (χ4n) is 0.452. The molecule has 1 unspecified atom stereocenters. The first-order chi connectivity index (χ1) is 4.57. The van der Waals surface area contributed by atoms with Gasteiger partial charge in [-0.25, -0.2) is 0 Å². The molecule has 0 heterocycles. The van der Waals surface area contributed by atoms with Crippen LogP contribution in [0.1, 0.15) is 13.8 Å². The highest BCUT2D eigenvalue weighted by molar-refractivity contribution is 6.22. The van der Waals surface area contributed by atoms with E-state index in [1.165, 1.54) is 0 Å². The van der Waals surface area contributed by atoms with E-state index >= 15 is 0 Å². The molecule has 0 spiro atoms. The lowest BCUT2D eigenvalue weighted by Gasteiger charge is -2.12.